The van der Waals surface area contributed by atoms with E-state index in [1.54, 1.807) is 35.3 Å². The Labute approximate surface area is 166 Å². The number of hydrogen-bond acceptors (Lipinski definition) is 6. The molecule has 2 aliphatic rings. The van der Waals surface area contributed by atoms with Crippen LogP contribution >= 0.6 is 0 Å². The average Bonchev–Trinajstić information content (AvgIpc) is 3.26. The van der Waals surface area contributed by atoms with Crippen LogP contribution in [0.25, 0.3) is 0 Å². The average molecular weight is 391 g/mol. The molecule has 4 rings (SSSR count). The summed E-state index contributed by atoms with van der Waals surface area (Å²) >= 11 is 0. The highest BCUT2D eigenvalue weighted by atomic mass is 16.2. The summed E-state index contributed by atoms with van der Waals surface area (Å²) in [7, 11) is 0. The maximum atomic E-state index is 13.0. The lowest BCUT2D eigenvalue weighted by molar-refractivity contribution is -0.136. The van der Waals surface area contributed by atoms with Gasteiger partial charge in [-0.1, -0.05) is 12.0 Å². The van der Waals surface area contributed by atoms with E-state index in [1.165, 1.54) is 0 Å². The molecule has 2 N–H and O–H groups in total. The van der Waals surface area contributed by atoms with E-state index in [0.29, 0.717) is 24.3 Å². The van der Waals surface area contributed by atoms with Gasteiger partial charge in [-0.3, -0.25) is 34.1 Å². The summed E-state index contributed by atoms with van der Waals surface area (Å²) < 4.78 is 1.67. The van der Waals surface area contributed by atoms with E-state index in [0.717, 1.165) is 4.90 Å². The fourth-order valence-corrected chi connectivity index (χ4v) is 3.53. The largest absolute Gasteiger partial charge is 0.383 e. The lowest BCUT2D eigenvalue weighted by Gasteiger charge is -2.27. The highest BCUT2D eigenvalue weighted by Crippen LogP contribution is 2.32. The van der Waals surface area contributed by atoms with Crippen molar-refractivity contribution in [3.05, 3.63) is 47.3 Å². The summed E-state index contributed by atoms with van der Waals surface area (Å²) in [5, 5.41) is 9.47. The lowest BCUT2D eigenvalue weighted by atomic mass is 10.0. The summed E-state index contributed by atoms with van der Waals surface area (Å²) in [5.41, 5.74) is 1.64. The molecule has 29 heavy (non-hydrogen) atoms. The van der Waals surface area contributed by atoms with Crippen molar-refractivity contribution in [2.24, 2.45) is 0 Å². The number of carbonyl (C=O) groups is 4. The first-order valence-corrected chi connectivity index (χ1v) is 9.07. The topological polar surface area (TPSA) is 113 Å². The minimum absolute atomic E-state index is 0.0818. The second-order valence-corrected chi connectivity index (χ2v) is 6.74. The number of hydrogen-bond donors (Lipinski definition) is 2. The van der Waals surface area contributed by atoms with Crippen LogP contribution in [0.5, 0.6) is 0 Å². The van der Waals surface area contributed by atoms with Crippen LogP contribution in [0.1, 0.15) is 39.1 Å². The molecule has 0 spiro atoms. The normalized spacial score (nSPS) is 18.4. The zero-order valence-electron chi connectivity index (χ0n) is 15.3. The number of nitrogens with one attached hydrogen (secondary N) is 2. The van der Waals surface area contributed by atoms with Gasteiger partial charge in [-0.15, -0.1) is 6.42 Å². The third-order valence-electron chi connectivity index (χ3n) is 4.92. The number of fused-ring (bicyclic) bond motifs is 1. The fourth-order valence-electron chi connectivity index (χ4n) is 3.53. The Morgan fingerprint density at radius 2 is 2.07 bits per heavy atom. The van der Waals surface area contributed by atoms with Crippen LogP contribution in [0.4, 0.5) is 5.69 Å². The summed E-state index contributed by atoms with van der Waals surface area (Å²) in [6.07, 6.45) is 8.84. The summed E-state index contributed by atoms with van der Waals surface area (Å²) in [6.45, 7) is 0.951. The first-order valence-electron chi connectivity index (χ1n) is 9.07. The lowest BCUT2D eigenvalue weighted by Crippen LogP contribution is -2.54. The molecule has 1 fully saturated rings. The zero-order valence-corrected chi connectivity index (χ0v) is 15.3. The SMILES string of the molecule is C#Cc1cnn(CCNc2cccc3c2C(=O)N(C2CCC(=O)NC2=O)C3=O)c1. The second-order valence-electron chi connectivity index (χ2n) is 6.74. The Morgan fingerprint density at radius 1 is 1.24 bits per heavy atom. The maximum Gasteiger partial charge on any atom is 0.264 e. The first-order chi connectivity index (χ1) is 14.0. The van der Waals surface area contributed by atoms with E-state index in [2.05, 4.69) is 21.7 Å². The van der Waals surface area contributed by atoms with E-state index in [1.807, 2.05) is 0 Å². The number of terminal acetylenes is 1. The van der Waals surface area contributed by atoms with Gasteiger partial charge in [0.25, 0.3) is 11.8 Å². The quantitative estimate of drug-likeness (QED) is 0.563. The minimum atomic E-state index is -0.987. The third kappa shape index (κ3) is 3.25. The van der Waals surface area contributed by atoms with Crippen LogP contribution in [0, 0.1) is 12.3 Å². The predicted molar refractivity (Wildman–Crippen MR) is 102 cm³/mol. The number of aromatic nitrogens is 2. The van der Waals surface area contributed by atoms with Crippen molar-refractivity contribution < 1.29 is 19.2 Å². The van der Waals surface area contributed by atoms with Crippen LogP contribution in [-0.2, 0) is 16.1 Å². The Bertz CT molecular complexity index is 1080. The number of rotatable bonds is 5. The fraction of sp³-hybridized carbons (Fsp3) is 0.250. The molecule has 1 aromatic carbocycles. The highest BCUT2D eigenvalue weighted by Gasteiger charge is 2.45. The molecule has 9 nitrogen and oxygen atoms in total. The van der Waals surface area contributed by atoms with Gasteiger partial charge in [0.15, 0.2) is 0 Å². The number of benzene rings is 1. The second kappa shape index (κ2) is 7.24. The standard InChI is InChI=1S/C20H17N5O4/c1-2-12-10-22-24(11-12)9-8-21-14-5-3-4-13-17(14)20(29)25(19(13)28)15-6-7-16(26)23-18(15)27/h1,3-5,10-11,15,21H,6-9H2,(H,23,26,27). The molecule has 1 saturated heterocycles. The third-order valence-corrected chi connectivity index (χ3v) is 4.92. The Morgan fingerprint density at radius 3 is 2.79 bits per heavy atom. The van der Waals surface area contributed by atoms with Crippen molar-refractivity contribution in [3.8, 4) is 12.3 Å². The molecule has 9 heteroatoms. The minimum Gasteiger partial charge on any atom is -0.383 e. The molecule has 1 atom stereocenters. The van der Waals surface area contributed by atoms with Crippen molar-refractivity contribution in [1.82, 2.24) is 20.0 Å². The molecule has 4 amide bonds. The van der Waals surface area contributed by atoms with Gasteiger partial charge in [0, 0.05) is 24.8 Å². The van der Waals surface area contributed by atoms with E-state index in [4.69, 9.17) is 6.42 Å². The Kier molecular flexibility index (Phi) is 4.60. The van der Waals surface area contributed by atoms with Gasteiger partial charge in [0.05, 0.1) is 29.4 Å². The number of piperidine rings is 1. The van der Waals surface area contributed by atoms with Crippen molar-refractivity contribution >= 4 is 29.3 Å². The van der Waals surface area contributed by atoms with Gasteiger partial charge in [0.2, 0.25) is 11.8 Å². The molecule has 1 aromatic heterocycles. The number of anilines is 1. The Balaban J connectivity index is 1.52. The van der Waals surface area contributed by atoms with Crippen LogP contribution in [0.15, 0.2) is 30.6 Å². The predicted octanol–water partition coefficient (Wildman–Crippen LogP) is 0.378. The van der Waals surface area contributed by atoms with Crippen LogP contribution < -0.4 is 10.6 Å². The molecule has 3 heterocycles. The van der Waals surface area contributed by atoms with Gasteiger partial charge in [-0.05, 0) is 18.6 Å². The van der Waals surface area contributed by atoms with Crippen molar-refractivity contribution in [1.29, 1.82) is 0 Å². The maximum absolute atomic E-state index is 13.0. The van der Waals surface area contributed by atoms with E-state index < -0.39 is 29.7 Å². The van der Waals surface area contributed by atoms with E-state index in [9.17, 15) is 19.2 Å². The molecular weight excluding hydrogens is 374 g/mol. The first kappa shape index (κ1) is 18.4. The van der Waals surface area contributed by atoms with Crippen LogP contribution in [0.3, 0.4) is 0 Å². The molecule has 1 unspecified atom stereocenters. The number of amides is 4. The van der Waals surface area contributed by atoms with Crippen LogP contribution in [-0.4, -0.2) is 50.9 Å². The van der Waals surface area contributed by atoms with E-state index >= 15 is 0 Å². The van der Waals surface area contributed by atoms with Crippen LogP contribution in [0.2, 0.25) is 0 Å². The summed E-state index contributed by atoms with van der Waals surface area (Å²) in [5.74, 6) is 0.382. The van der Waals surface area contributed by atoms with Crippen molar-refractivity contribution in [2.75, 3.05) is 11.9 Å². The van der Waals surface area contributed by atoms with Gasteiger partial charge in [0.1, 0.15) is 6.04 Å². The van der Waals surface area contributed by atoms with Crippen molar-refractivity contribution in [2.45, 2.75) is 25.4 Å². The van der Waals surface area contributed by atoms with Gasteiger partial charge in [-0.2, -0.15) is 5.10 Å². The zero-order chi connectivity index (χ0) is 20.5. The molecule has 0 radical (unpaired) electrons. The van der Waals surface area contributed by atoms with Crippen molar-refractivity contribution in [3.63, 3.8) is 0 Å². The summed E-state index contributed by atoms with van der Waals surface area (Å²) in [4.78, 5) is 50.3. The van der Waals surface area contributed by atoms with Gasteiger partial charge >= 0.3 is 0 Å². The Hall–Kier alpha value is -3.93. The smallest absolute Gasteiger partial charge is 0.264 e. The van der Waals surface area contributed by atoms with E-state index in [-0.39, 0.29) is 24.0 Å². The monoisotopic (exact) mass is 391 g/mol. The highest BCUT2D eigenvalue weighted by molar-refractivity contribution is 6.25. The molecule has 0 saturated carbocycles. The molecule has 2 aliphatic heterocycles. The number of carbonyl (C=O) groups excluding carboxylic acids is 4. The molecule has 2 aromatic rings. The number of nitrogens with zero attached hydrogens (tertiary/aromatic N) is 3. The molecule has 0 aliphatic carbocycles. The van der Waals surface area contributed by atoms with Gasteiger partial charge < -0.3 is 5.32 Å². The molecule has 0 bridgehead atoms. The summed E-state index contributed by atoms with van der Waals surface area (Å²) in [6, 6.07) is 3.94. The number of imide groups is 2. The molecular formula is C20H17N5O4. The van der Waals surface area contributed by atoms with Gasteiger partial charge in [-0.25, -0.2) is 0 Å². The molecule has 146 valence electrons.